The van der Waals surface area contributed by atoms with Gasteiger partial charge in [0.2, 0.25) is 0 Å². The van der Waals surface area contributed by atoms with E-state index in [0.717, 1.165) is 4.90 Å². The van der Waals surface area contributed by atoms with Gasteiger partial charge < -0.3 is 14.7 Å². The molecule has 0 aliphatic carbocycles. The lowest BCUT2D eigenvalue weighted by atomic mass is 10.3. The molecule has 17 heavy (non-hydrogen) atoms. The molecule has 0 aliphatic heterocycles. The number of likely N-dealkylation sites (N-methyl/N-ethyl adjacent to an activating group) is 1. The lowest BCUT2D eigenvalue weighted by Gasteiger charge is -2.15. The highest BCUT2D eigenvalue weighted by molar-refractivity contribution is 5.96. The van der Waals surface area contributed by atoms with Crippen molar-refractivity contribution in [1.29, 1.82) is 0 Å². The van der Waals surface area contributed by atoms with E-state index in [2.05, 4.69) is 4.98 Å². The minimum absolute atomic E-state index is 0.0840. The standard InChI is InChI=1S/C11H14N2O4/c1-3-17-9(15)7-13(2)11(16)10-8(14)5-4-6-12-10/h4-6,14H,3,7H2,1-2H3. The molecule has 6 nitrogen and oxygen atoms in total. The molecule has 0 radical (unpaired) electrons. The number of rotatable bonds is 4. The fourth-order valence-corrected chi connectivity index (χ4v) is 1.21. The normalized spacial score (nSPS) is 9.76. The molecule has 0 unspecified atom stereocenters. The number of nitrogens with zero attached hydrogens (tertiary/aromatic N) is 2. The average molecular weight is 238 g/mol. The molecule has 0 spiro atoms. The van der Waals surface area contributed by atoms with Crippen molar-refractivity contribution in [3.05, 3.63) is 24.0 Å². The lowest BCUT2D eigenvalue weighted by Crippen LogP contribution is -2.33. The Morgan fingerprint density at radius 2 is 2.24 bits per heavy atom. The largest absolute Gasteiger partial charge is 0.505 e. The van der Waals surface area contributed by atoms with Crippen LogP contribution in [0.5, 0.6) is 5.75 Å². The van der Waals surface area contributed by atoms with Crippen LogP contribution in [-0.2, 0) is 9.53 Å². The highest BCUT2D eigenvalue weighted by Gasteiger charge is 2.19. The van der Waals surface area contributed by atoms with E-state index in [4.69, 9.17) is 4.74 Å². The van der Waals surface area contributed by atoms with E-state index < -0.39 is 11.9 Å². The van der Waals surface area contributed by atoms with Gasteiger partial charge in [-0.2, -0.15) is 0 Å². The first-order valence-electron chi connectivity index (χ1n) is 5.11. The minimum Gasteiger partial charge on any atom is -0.505 e. The molecular formula is C11H14N2O4. The van der Waals surface area contributed by atoms with Crippen LogP contribution >= 0.6 is 0 Å². The third kappa shape index (κ3) is 3.44. The van der Waals surface area contributed by atoms with Crippen LogP contribution in [-0.4, -0.2) is 47.1 Å². The molecule has 0 atom stereocenters. The molecule has 1 aromatic heterocycles. The Kier molecular flexibility index (Phi) is 4.45. The molecule has 0 aromatic carbocycles. The van der Waals surface area contributed by atoms with Crippen molar-refractivity contribution in [1.82, 2.24) is 9.88 Å². The van der Waals surface area contributed by atoms with Gasteiger partial charge in [0.1, 0.15) is 12.3 Å². The van der Waals surface area contributed by atoms with Crippen LogP contribution in [0, 0.1) is 0 Å². The van der Waals surface area contributed by atoms with Crippen molar-refractivity contribution in [3.8, 4) is 5.75 Å². The zero-order valence-electron chi connectivity index (χ0n) is 9.71. The van der Waals surface area contributed by atoms with E-state index in [-0.39, 0.29) is 24.6 Å². The molecule has 1 heterocycles. The first-order chi connectivity index (χ1) is 8.06. The van der Waals surface area contributed by atoms with Crippen LogP contribution in [0.15, 0.2) is 18.3 Å². The van der Waals surface area contributed by atoms with Crippen LogP contribution < -0.4 is 0 Å². The number of hydrogen-bond donors (Lipinski definition) is 1. The van der Waals surface area contributed by atoms with Gasteiger partial charge in [0.05, 0.1) is 6.61 Å². The number of pyridine rings is 1. The summed E-state index contributed by atoms with van der Waals surface area (Å²) in [6.07, 6.45) is 1.39. The van der Waals surface area contributed by atoms with Gasteiger partial charge in [0.25, 0.3) is 5.91 Å². The van der Waals surface area contributed by atoms with Gasteiger partial charge in [0, 0.05) is 13.2 Å². The average Bonchev–Trinajstić information content (AvgIpc) is 2.29. The van der Waals surface area contributed by atoms with E-state index in [1.165, 1.54) is 25.4 Å². The maximum atomic E-state index is 11.8. The zero-order valence-corrected chi connectivity index (χ0v) is 9.71. The second kappa shape index (κ2) is 5.83. The Labute approximate surface area is 98.8 Å². The summed E-state index contributed by atoms with van der Waals surface area (Å²) >= 11 is 0. The molecule has 0 aliphatic rings. The quantitative estimate of drug-likeness (QED) is 0.769. The van der Waals surface area contributed by atoms with Crippen molar-refractivity contribution in [2.45, 2.75) is 6.92 Å². The number of ether oxygens (including phenoxy) is 1. The Balaban J connectivity index is 2.70. The van der Waals surface area contributed by atoms with Gasteiger partial charge in [0.15, 0.2) is 5.69 Å². The highest BCUT2D eigenvalue weighted by Crippen LogP contribution is 2.14. The molecule has 0 bridgehead atoms. The Morgan fingerprint density at radius 1 is 1.53 bits per heavy atom. The number of carbonyl (C=O) groups is 2. The van der Waals surface area contributed by atoms with Crippen LogP contribution in [0.25, 0.3) is 0 Å². The second-order valence-electron chi connectivity index (χ2n) is 3.34. The van der Waals surface area contributed by atoms with Crippen LogP contribution in [0.2, 0.25) is 0 Å². The third-order valence-electron chi connectivity index (χ3n) is 2.01. The summed E-state index contributed by atoms with van der Waals surface area (Å²) < 4.78 is 4.71. The van der Waals surface area contributed by atoms with Gasteiger partial charge in [-0.3, -0.25) is 9.59 Å². The highest BCUT2D eigenvalue weighted by atomic mass is 16.5. The van der Waals surface area contributed by atoms with Gasteiger partial charge in [-0.25, -0.2) is 4.98 Å². The van der Waals surface area contributed by atoms with E-state index in [9.17, 15) is 14.7 Å². The predicted octanol–water partition coefficient (Wildman–Crippen LogP) is 0.422. The number of carbonyl (C=O) groups excluding carboxylic acids is 2. The van der Waals surface area contributed by atoms with E-state index in [1.54, 1.807) is 6.92 Å². The van der Waals surface area contributed by atoms with Gasteiger partial charge >= 0.3 is 5.97 Å². The summed E-state index contributed by atoms with van der Waals surface area (Å²) in [5.74, 6) is -1.25. The monoisotopic (exact) mass is 238 g/mol. The number of aromatic nitrogens is 1. The first kappa shape index (κ1) is 13.0. The summed E-state index contributed by atoms with van der Waals surface area (Å²) in [5, 5.41) is 9.44. The fourth-order valence-electron chi connectivity index (χ4n) is 1.21. The molecule has 92 valence electrons. The molecule has 6 heteroatoms. The molecule has 1 aromatic rings. The topological polar surface area (TPSA) is 79.7 Å². The third-order valence-corrected chi connectivity index (χ3v) is 2.01. The second-order valence-corrected chi connectivity index (χ2v) is 3.34. The summed E-state index contributed by atoms with van der Waals surface area (Å²) in [7, 11) is 1.44. The number of aromatic hydroxyl groups is 1. The lowest BCUT2D eigenvalue weighted by molar-refractivity contribution is -0.143. The summed E-state index contributed by atoms with van der Waals surface area (Å²) in [5.41, 5.74) is -0.0840. The Bertz CT molecular complexity index is 420. The van der Waals surface area contributed by atoms with Crippen molar-refractivity contribution < 1.29 is 19.4 Å². The number of esters is 1. The van der Waals surface area contributed by atoms with E-state index >= 15 is 0 Å². The number of hydrogen-bond acceptors (Lipinski definition) is 5. The molecular weight excluding hydrogens is 224 g/mol. The fraction of sp³-hybridized carbons (Fsp3) is 0.364. The zero-order chi connectivity index (χ0) is 12.8. The van der Waals surface area contributed by atoms with Crippen LogP contribution in [0.3, 0.4) is 0 Å². The molecule has 0 saturated heterocycles. The molecule has 0 saturated carbocycles. The number of amides is 1. The van der Waals surface area contributed by atoms with Crippen molar-refractivity contribution in [2.75, 3.05) is 20.2 Å². The summed E-state index contributed by atoms with van der Waals surface area (Å²) in [6.45, 7) is 1.77. The van der Waals surface area contributed by atoms with E-state index in [0.29, 0.717) is 0 Å². The maximum Gasteiger partial charge on any atom is 0.325 e. The molecule has 1 amide bonds. The van der Waals surface area contributed by atoms with Gasteiger partial charge in [-0.15, -0.1) is 0 Å². The molecule has 1 rings (SSSR count). The van der Waals surface area contributed by atoms with E-state index in [1.807, 2.05) is 0 Å². The first-order valence-corrected chi connectivity index (χ1v) is 5.11. The summed E-state index contributed by atoms with van der Waals surface area (Å²) in [4.78, 5) is 27.9. The Morgan fingerprint density at radius 3 is 2.82 bits per heavy atom. The SMILES string of the molecule is CCOC(=O)CN(C)C(=O)c1ncccc1O. The maximum absolute atomic E-state index is 11.8. The molecule has 0 fully saturated rings. The van der Waals surface area contributed by atoms with Crippen molar-refractivity contribution in [3.63, 3.8) is 0 Å². The predicted molar refractivity (Wildman–Crippen MR) is 59.5 cm³/mol. The minimum atomic E-state index is -0.531. The summed E-state index contributed by atoms with van der Waals surface area (Å²) in [6, 6.07) is 2.87. The van der Waals surface area contributed by atoms with Crippen LogP contribution in [0.1, 0.15) is 17.4 Å². The van der Waals surface area contributed by atoms with Crippen LogP contribution in [0.4, 0.5) is 0 Å². The smallest absolute Gasteiger partial charge is 0.325 e. The van der Waals surface area contributed by atoms with Gasteiger partial charge in [-0.05, 0) is 19.1 Å². The Hall–Kier alpha value is -2.11. The molecule has 1 N–H and O–H groups in total. The van der Waals surface area contributed by atoms with Crippen molar-refractivity contribution in [2.24, 2.45) is 0 Å². The van der Waals surface area contributed by atoms with Gasteiger partial charge in [-0.1, -0.05) is 0 Å². The van der Waals surface area contributed by atoms with Crippen molar-refractivity contribution >= 4 is 11.9 Å².